The molecule has 0 aliphatic heterocycles. The summed E-state index contributed by atoms with van der Waals surface area (Å²) in [5.41, 5.74) is 1.02. The normalized spacial score (nSPS) is 10.5. The Morgan fingerprint density at radius 2 is 1.30 bits per heavy atom. The number of unbranched alkanes of at least 4 members (excludes halogenated alkanes) is 7. The lowest BCUT2D eigenvalue weighted by molar-refractivity contribution is -0.145. The van der Waals surface area contributed by atoms with E-state index in [2.05, 4.69) is 0 Å². The summed E-state index contributed by atoms with van der Waals surface area (Å²) in [5.74, 6) is -0.111. The SMILES string of the molecule is O=C(Cl)CCCCCCCCCCC(=O)OCc1ccccc1. The first-order valence-electron chi connectivity index (χ1n) is 8.56. The molecule has 0 fully saturated rings. The van der Waals surface area contributed by atoms with Gasteiger partial charge in [-0.1, -0.05) is 68.9 Å². The Morgan fingerprint density at radius 1 is 0.783 bits per heavy atom. The lowest BCUT2D eigenvalue weighted by atomic mass is 10.1. The van der Waals surface area contributed by atoms with Crippen molar-refractivity contribution in [2.75, 3.05) is 0 Å². The summed E-state index contributed by atoms with van der Waals surface area (Å²) in [6.45, 7) is 0.366. The van der Waals surface area contributed by atoms with Crippen LogP contribution in [0.1, 0.15) is 69.8 Å². The van der Waals surface area contributed by atoms with Gasteiger partial charge in [0.25, 0.3) is 0 Å². The van der Waals surface area contributed by atoms with Crippen molar-refractivity contribution in [3.8, 4) is 0 Å². The molecule has 0 aliphatic carbocycles. The topological polar surface area (TPSA) is 43.4 Å². The van der Waals surface area contributed by atoms with Crippen LogP contribution in [0.2, 0.25) is 0 Å². The van der Waals surface area contributed by atoms with Crippen molar-refractivity contribution in [3.05, 3.63) is 35.9 Å². The highest BCUT2D eigenvalue weighted by Crippen LogP contribution is 2.11. The average molecular weight is 339 g/mol. The molecule has 0 spiro atoms. The quantitative estimate of drug-likeness (QED) is 0.275. The first-order valence-corrected chi connectivity index (χ1v) is 8.94. The Kier molecular flexibility index (Phi) is 11.2. The maximum Gasteiger partial charge on any atom is 0.306 e. The lowest BCUT2D eigenvalue weighted by Crippen LogP contribution is -2.04. The highest BCUT2D eigenvalue weighted by molar-refractivity contribution is 6.63. The van der Waals surface area contributed by atoms with Crippen LogP contribution in [0.3, 0.4) is 0 Å². The van der Waals surface area contributed by atoms with Gasteiger partial charge in [0.15, 0.2) is 0 Å². The molecule has 1 aromatic carbocycles. The predicted octanol–water partition coefficient (Wildman–Crippen LogP) is 5.40. The standard InChI is InChI=1S/C19H27ClO3/c20-18(21)14-10-5-3-1-2-4-6-11-15-19(22)23-16-17-12-8-7-9-13-17/h7-9,12-13H,1-6,10-11,14-16H2. The molecule has 0 heterocycles. The maximum absolute atomic E-state index is 11.6. The van der Waals surface area contributed by atoms with Crippen LogP contribution < -0.4 is 0 Å². The zero-order valence-corrected chi connectivity index (χ0v) is 14.5. The molecule has 0 saturated heterocycles. The van der Waals surface area contributed by atoms with Crippen LogP contribution >= 0.6 is 11.6 Å². The maximum atomic E-state index is 11.6. The summed E-state index contributed by atoms with van der Waals surface area (Å²) < 4.78 is 5.24. The Balaban J connectivity index is 1.87. The summed E-state index contributed by atoms with van der Waals surface area (Å²) in [4.78, 5) is 22.2. The summed E-state index contributed by atoms with van der Waals surface area (Å²) >= 11 is 5.28. The Bertz CT molecular complexity index is 445. The van der Waals surface area contributed by atoms with Gasteiger partial charge in [-0.2, -0.15) is 0 Å². The highest BCUT2D eigenvalue weighted by Gasteiger charge is 2.03. The fourth-order valence-corrected chi connectivity index (χ4v) is 2.54. The number of carbonyl (C=O) groups is 2. The third-order valence-electron chi connectivity index (χ3n) is 3.75. The zero-order valence-electron chi connectivity index (χ0n) is 13.8. The molecular formula is C19H27ClO3. The van der Waals surface area contributed by atoms with Crippen molar-refractivity contribution in [2.24, 2.45) is 0 Å². The number of halogens is 1. The van der Waals surface area contributed by atoms with Crippen molar-refractivity contribution in [3.63, 3.8) is 0 Å². The van der Waals surface area contributed by atoms with Crippen LogP contribution in [-0.4, -0.2) is 11.2 Å². The molecule has 4 heteroatoms. The van der Waals surface area contributed by atoms with Gasteiger partial charge >= 0.3 is 5.97 Å². The molecular weight excluding hydrogens is 312 g/mol. The van der Waals surface area contributed by atoms with Gasteiger partial charge in [0.1, 0.15) is 6.61 Å². The van der Waals surface area contributed by atoms with Crippen LogP contribution in [0, 0.1) is 0 Å². The second kappa shape index (κ2) is 13.1. The van der Waals surface area contributed by atoms with Crippen LogP contribution in [0.15, 0.2) is 30.3 Å². The van der Waals surface area contributed by atoms with Crippen molar-refractivity contribution in [1.29, 1.82) is 0 Å². The van der Waals surface area contributed by atoms with Crippen molar-refractivity contribution >= 4 is 22.8 Å². The van der Waals surface area contributed by atoms with E-state index in [4.69, 9.17) is 16.3 Å². The van der Waals surface area contributed by atoms with E-state index >= 15 is 0 Å². The Labute approximate surface area is 144 Å². The number of carbonyl (C=O) groups excluding carboxylic acids is 2. The van der Waals surface area contributed by atoms with E-state index in [-0.39, 0.29) is 11.2 Å². The van der Waals surface area contributed by atoms with Crippen molar-refractivity contribution in [2.45, 2.75) is 70.8 Å². The molecule has 3 nitrogen and oxygen atoms in total. The minimum Gasteiger partial charge on any atom is -0.461 e. The molecule has 23 heavy (non-hydrogen) atoms. The molecule has 0 atom stereocenters. The fraction of sp³-hybridized carbons (Fsp3) is 0.579. The summed E-state index contributed by atoms with van der Waals surface area (Å²) in [6.07, 6.45) is 9.62. The molecule has 0 bridgehead atoms. The van der Waals surface area contributed by atoms with Gasteiger partial charge in [0.2, 0.25) is 5.24 Å². The third-order valence-corrected chi connectivity index (χ3v) is 3.94. The van der Waals surface area contributed by atoms with Gasteiger partial charge in [0, 0.05) is 12.8 Å². The Hall–Kier alpha value is -1.35. The minimum absolute atomic E-state index is 0.111. The van der Waals surface area contributed by atoms with Crippen LogP contribution in [-0.2, 0) is 20.9 Å². The first kappa shape index (κ1) is 19.7. The van der Waals surface area contributed by atoms with Gasteiger partial charge in [-0.15, -0.1) is 0 Å². The second-order valence-electron chi connectivity index (χ2n) is 5.83. The second-order valence-corrected chi connectivity index (χ2v) is 6.25. The zero-order chi connectivity index (χ0) is 16.8. The number of ether oxygens (including phenoxy) is 1. The number of hydrogen-bond acceptors (Lipinski definition) is 3. The third kappa shape index (κ3) is 11.8. The molecule has 1 aromatic rings. The molecule has 0 saturated carbocycles. The van der Waals surface area contributed by atoms with Gasteiger partial charge < -0.3 is 4.74 Å². The molecule has 0 aromatic heterocycles. The minimum atomic E-state index is -0.232. The largest absolute Gasteiger partial charge is 0.461 e. The molecule has 0 N–H and O–H groups in total. The number of esters is 1. The molecule has 0 amide bonds. The summed E-state index contributed by atoms with van der Waals surface area (Å²) in [7, 11) is 0. The van der Waals surface area contributed by atoms with Gasteiger partial charge in [-0.3, -0.25) is 9.59 Å². The van der Waals surface area contributed by atoms with Gasteiger partial charge in [-0.25, -0.2) is 0 Å². The predicted molar refractivity (Wildman–Crippen MR) is 93.3 cm³/mol. The van der Waals surface area contributed by atoms with E-state index in [0.29, 0.717) is 19.4 Å². The molecule has 128 valence electrons. The van der Waals surface area contributed by atoms with Crippen molar-refractivity contribution in [1.82, 2.24) is 0 Å². The fourth-order valence-electron chi connectivity index (χ4n) is 2.40. The molecule has 0 unspecified atom stereocenters. The van der Waals surface area contributed by atoms with Gasteiger partial charge in [0.05, 0.1) is 0 Å². The van der Waals surface area contributed by atoms with Crippen LogP contribution in [0.4, 0.5) is 0 Å². The molecule has 0 aliphatic rings. The highest BCUT2D eigenvalue weighted by atomic mass is 35.5. The van der Waals surface area contributed by atoms with Crippen LogP contribution in [0.25, 0.3) is 0 Å². The smallest absolute Gasteiger partial charge is 0.306 e. The van der Waals surface area contributed by atoms with E-state index in [1.54, 1.807) is 0 Å². The summed E-state index contributed by atoms with van der Waals surface area (Å²) in [5, 5.41) is -0.232. The van der Waals surface area contributed by atoms with E-state index in [0.717, 1.165) is 44.1 Å². The monoisotopic (exact) mass is 338 g/mol. The molecule has 1 rings (SSSR count). The number of benzene rings is 1. The van der Waals surface area contributed by atoms with E-state index < -0.39 is 0 Å². The first-order chi connectivity index (χ1) is 11.2. The van der Waals surface area contributed by atoms with Crippen molar-refractivity contribution < 1.29 is 14.3 Å². The van der Waals surface area contributed by atoms with Gasteiger partial charge in [-0.05, 0) is 30.0 Å². The average Bonchev–Trinajstić information content (AvgIpc) is 2.55. The number of hydrogen-bond donors (Lipinski definition) is 0. The number of rotatable bonds is 13. The molecule has 0 radical (unpaired) electrons. The van der Waals surface area contributed by atoms with E-state index in [1.165, 1.54) is 12.8 Å². The summed E-state index contributed by atoms with van der Waals surface area (Å²) in [6, 6.07) is 9.74. The van der Waals surface area contributed by atoms with Crippen LogP contribution in [0.5, 0.6) is 0 Å². The lowest BCUT2D eigenvalue weighted by Gasteiger charge is -2.05. The van der Waals surface area contributed by atoms with E-state index in [1.807, 2.05) is 30.3 Å². The Morgan fingerprint density at radius 3 is 1.87 bits per heavy atom. The van der Waals surface area contributed by atoms with E-state index in [9.17, 15) is 9.59 Å².